The highest BCUT2D eigenvalue weighted by Gasteiger charge is 2.50. The molecule has 10 aromatic heterocycles. The van der Waals surface area contributed by atoms with Gasteiger partial charge in [0.05, 0.1) is 43.5 Å². The van der Waals surface area contributed by atoms with Gasteiger partial charge in [0.1, 0.15) is 108 Å². The van der Waals surface area contributed by atoms with Crippen molar-refractivity contribution in [2.75, 3.05) is 110 Å². The average Bonchev–Trinajstić information content (AvgIpc) is 1.62. The Bertz CT molecular complexity index is 6290. The molecule has 0 aromatic carbocycles. The minimum Gasteiger partial charge on any atom is -0.476 e. The van der Waals surface area contributed by atoms with Crippen LogP contribution in [0.3, 0.4) is 0 Å². The van der Waals surface area contributed by atoms with Crippen LogP contribution in [-0.2, 0) is 42.9 Å². The Kier molecular flexibility index (Phi) is 35.0. The van der Waals surface area contributed by atoms with E-state index in [0.717, 1.165) is 62.9 Å². The number of nitrogens with two attached hydrogens (primary N) is 1. The Hall–Kier alpha value is -7.55. The Morgan fingerprint density at radius 1 is 0.366 bits per heavy atom. The SMILES string of the molecule is C=P(C)(C)CC[C@H]1O[C@@H](n2c(C)nc3c(=O)[nH]c(C)nc32)[C@H](O)[C@@H]1O.C=P(C)(C)CC[C@H]1O[C@@H](n2c(CC)nc3c(=O)[nH]c(C)nc32)[C@H](O)[C@@H]1O.C=P(C)(C)CC[C@H]1O[C@@H](n2c(CCC)nc3c(=O)[nH]c(C)nc32)[C@H](O)[C@@H]1O.C=P(C)(C)CC[C@H]1O[C@@H](n2c(CCCC)nc3c(=O)[nH]c(C)nc32)[C@H](O)[C@@H]1O.C=P(C)(C)CC[C@H]1O[C@@H](n2cnc3c(OCCCC)nc(N)nc32)[C@H](O)[C@@H]1O. The number of hydrogen-bond acceptors (Lipinski definition) is 32. The van der Waals surface area contributed by atoms with E-state index in [4.69, 9.17) is 34.2 Å². The molecule has 0 amide bonds. The zero-order valence-electron chi connectivity index (χ0n) is 80.6. The number of aliphatic hydroxyl groups is 10. The van der Waals surface area contributed by atoms with Gasteiger partial charge in [0, 0.05) is 19.3 Å². The predicted octanol–water partition coefficient (Wildman–Crippen LogP) is 5.06. The van der Waals surface area contributed by atoms with E-state index >= 15 is 0 Å². The van der Waals surface area contributed by atoms with Crippen LogP contribution in [0.5, 0.6) is 5.88 Å². The molecule has 0 spiro atoms. The van der Waals surface area contributed by atoms with Gasteiger partial charge in [-0.25, -0.2) is 44.9 Å². The second kappa shape index (κ2) is 43.9. The topological polar surface area (TPSA) is 582 Å². The molecule has 15 rings (SSSR count). The summed E-state index contributed by atoms with van der Waals surface area (Å²) in [6.07, 6.45) is 19.1. The standard InChI is InChI=1S/C19H31N4O4P.C18H30N5O4P.C18H29N4O4P.C17H27N4O4P.C16H25N4O4P/c1-6-7-8-13-22-14-17(20-11(2)21-18(14)26)23(13)19-16(25)15(24)12(27-19)9-10-28(3,4)5;1-5-6-8-26-16-12-15(21-18(19)22-16)23(10-20-12)17-14(25)13(24)11(27-17)7-9-28(2,3)4;1-6-7-12-21-13-16(19-10(2)20-17(13)25)22(12)18-15(24)14(23)11(26-18)8-9-27(3,4)5;1-6-11-20-12-15(18-9(2)19-16(12)24)21(11)17-14(23)13(22)10(25-17)7-8-26(3,4)5;1-8-17-14-11(15(23)18-8)19-9(2)20(14)16-13(22)12(21)10(24-16)6-7-25(3,4)5/h12,15-16,19,24-25H,3,6-10H2,1-2,4-5H3,(H,20,21,26);10-11,13-14,17,24-25H,2,5-9H2,1,3-4H3,(H2,19,21,22);11,14-15,18,23-24H,3,6-9H2,1-2,4-5H3,(H,19,20,25);10,13-14,17,22-23H,3,6-8H2,1-2,4-5H3,(H,18,19,24);10,12-13,16,21-22H,3,6-7H2,1-2,4-5H3,(H,17,18,23)/t12-,15-,16-,19-;11-,13-,14-,17-;11-,14-,15-,18-;10-,13-,14-,17-;10-,12-,13-,16-/m11111/s1. The van der Waals surface area contributed by atoms with Crippen molar-refractivity contribution in [3.05, 3.63) is 94.3 Å². The fraction of sp³-hybridized carbons (Fsp3) is 0.659. The summed E-state index contributed by atoms with van der Waals surface area (Å²) in [5, 5.41) is 105. The average molecular weight is 1970 g/mol. The van der Waals surface area contributed by atoms with Crippen molar-refractivity contribution in [1.82, 2.24) is 97.6 Å². The van der Waals surface area contributed by atoms with Crippen molar-refractivity contribution >= 4 is 128 Å². The monoisotopic (exact) mass is 1970 g/mol. The van der Waals surface area contributed by atoms with E-state index in [2.05, 4.69) is 187 Å². The first kappa shape index (κ1) is 107. The van der Waals surface area contributed by atoms with E-state index in [9.17, 15) is 70.2 Å². The highest BCUT2D eigenvalue weighted by molar-refractivity contribution is 7.73. The second-order valence-electron chi connectivity index (χ2n) is 39.1. The molecule has 134 heavy (non-hydrogen) atoms. The van der Waals surface area contributed by atoms with Crippen LogP contribution in [0, 0.1) is 34.6 Å². The molecule has 744 valence electrons. The summed E-state index contributed by atoms with van der Waals surface area (Å²) in [6.45, 7) is 32.0. The number of nitrogen functional groups attached to an aromatic ring is 1. The van der Waals surface area contributed by atoms with Crippen LogP contribution in [0.15, 0.2) is 25.5 Å². The zero-order chi connectivity index (χ0) is 98.8. The van der Waals surface area contributed by atoms with Gasteiger partial charge in [0.2, 0.25) is 11.8 Å². The van der Waals surface area contributed by atoms with Crippen molar-refractivity contribution in [3.63, 3.8) is 0 Å². The fourth-order valence-electron chi connectivity index (χ4n) is 16.7. The molecule has 20 atom stereocenters. The summed E-state index contributed by atoms with van der Waals surface area (Å²) in [4.78, 5) is 107. The number of fused-ring (bicyclic) bond motifs is 5. The normalized spacial score (nSPS) is 26.2. The molecule has 16 N–H and O–H groups in total. The van der Waals surface area contributed by atoms with Gasteiger partial charge >= 0.3 is 0 Å². The number of nitrogens with zero attached hydrogens (tertiary/aromatic N) is 16. The van der Waals surface area contributed by atoms with Gasteiger partial charge in [-0.15, -0.1) is 65.9 Å². The first-order chi connectivity index (χ1) is 62.6. The quantitative estimate of drug-likeness (QED) is 0.0207. The molecule has 0 saturated carbocycles. The first-order valence-electron chi connectivity index (χ1n) is 45.6. The molecule has 5 saturated heterocycles. The second-order valence-corrected chi connectivity index (χ2v) is 60.7. The van der Waals surface area contributed by atoms with Crippen LogP contribution < -0.4 is 32.7 Å². The Balaban J connectivity index is 0.000000161. The van der Waals surface area contributed by atoms with Crippen LogP contribution in [0.4, 0.5) is 5.95 Å². The van der Waals surface area contributed by atoms with Crippen molar-refractivity contribution in [1.29, 1.82) is 0 Å². The summed E-state index contributed by atoms with van der Waals surface area (Å²) in [7, 11) is 0. The number of rotatable bonds is 30. The van der Waals surface area contributed by atoms with E-state index < -0.39 is 157 Å². The van der Waals surface area contributed by atoms with Crippen LogP contribution in [0.25, 0.3) is 55.8 Å². The van der Waals surface area contributed by atoms with Crippen molar-refractivity contribution < 1.29 is 79.5 Å². The molecule has 46 heteroatoms. The minimum atomic E-state index is -1.27. The zero-order valence-corrected chi connectivity index (χ0v) is 85.1. The Morgan fingerprint density at radius 3 is 0.993 bits per heavy atom. The van der Waals surface area contributed by atoms with E-state index in [-0.39, 0.29) is 50.3 Å². The van der Waals surface area contributed by atoms with Gasteiger partial charge in [-0.1, -0.05) is 40.5 Å². The third-order valence-corrected chi connectivity index (χ3v) is 31.2. The Morgan fingerprint density at radius 2 is 0.664 bits per heavy atom. The van der Waals surface area contributed by atoms with Gasteiger partial charge in [0.15, 0.2) is 87.0 Å². The van der Waals surface area contributed by atoms with Crippen LogP contribution in [-0.4, -0.2) is 376 Å². The first-order valence-corrected chi connectivity index (χ1v) is 60.9. The lowest BCUT2D eigenvalue weighted by molar-refractivity contribution is -0.0368. The van der Waals surface area contributed by atoms with E-state index in [1.54, 1.807) is 57.5 Å². The summed E-state index contributed by atoms with van der Waals surface area (Å²) in [5.74, 6) is 4.55. The largest absolute Gasteiger partial charge is 0.476 e. The lowest BCUT2D eigenvalue weighted by Gasteiger charge is -2.20. The molecule has 0 bridgehead atoms. The van der Waals surface area contributed by atoms with Crippen molar-refractivity contribution in [2.45, 2.75) is 268 Å². The van der Waals surface area contributed by atoms with Gasteiger partial charge in [0.25, 0.3) is 22.2 Å². The van der Waals surface area contributed by atoms with Gasteiger partial charge in [-0.05, 0) is 183 Å². The fourth-order valence-corrected chi connectivity index (χ4v) is 21.5. The smallest absolute Gasteiger partial charge is 0.279 e. The number of nitrogens with one attached hydrogen (secondary N) is 4. The summed E-state index contributed by atoms with van der Waals surface area (Å²) in [5.41, 5.74) is 7.74. The number of imidazole rings is 5. The van der Waals surface area contributed by atoms with E-state index in [0.29, 0.717) is 144 Å². The molecule has 10 aromatic rings. The summed E-state index contributed by atoms with van der Waals surface area (Å²) >= 11 is 0. The van der Waals surface area contributed by atoms with Gasteiger partial charge in [-0.2, -0.15) is 9.97 Å². The molecule has 0 aliphatic carbocycles. The molecule has 15 heterocycles. The molecule has 0 radical (unpaired) electrons. The highest BCUT2D eigenvalue weighted by atomic mass is 31.2. The molecular formula is C88H142N21O20P5. The third kappa shape index (κ3) is 25.4. The minimum absolute atomic E-state index is 0.0499. The number of H-pyrrole nitrogens is 4. The number of anilines is 1. The number of ether oxygens (including phenoxy) is 6. The maximum absolute atomic E-state index is 12.3. The molecule has 5 fully saturated rings. The summed E-state index contributed by atoms with van der Waals surface area (Å²) in [6, 6.07) is 0. The number of unbranched alkanes of at least 4 members (excludes halogenated alkanes) is 2. The van der Waals surface area contributed by atoms with E-state index in [1.165, 1.54) is 6.33 Å². The maximum Gasteiger partial charge on any atom is 0.279 e. The predicted molar refractivity (Wildman–Crippen MR) is 535 cm³/mol. The van der Waals surface area contributed by atoms with Crippen molar-refractivity contribution in [2.24, 2.45) is 0 Å². The number of hydrogen-bond donors (Lipinski definition) is 15. The number of aliphatic hydroxyl groups excluding tert-OH is 10. The van der Waals surface area contributed by atoms with Crippen LogP contribution in [0.2, 0.25) is 0 Å². The lowest BCUT2D eigenvalue weighted by Crippen LogP contribution is -2.32. The maximum atomic E-state index is 12.3. The van der Waals surface area contributed by atoms with Gasteiger partial charge in [-0.3, -0.25) is 42.0 Å². The van der Waals surface area contributed by atoms with Crippen molar-refractivity contribution in [3.8, 4) is 5.88 Å². The van der Waals surface area contributed by atoms with E-state index in [1.807, 2.05) is 13.8 Å². The summed E-state index contributed by atoms with van der Waals surface area (Å²) < 4.78 is 44.0. The molecule has 5 aliphatic heterocycles. The Labute approximate surface area is 779 Å². The number of aromatic amines is 4. The highest BCUT2D eigenvalue weighted by Crippen LogP contribution is 2.47. The molecule has 0 unspecified atom stereocenters. The van der Waals surface area contributed by atoms with Crippen LogP contribution >= 0.6 is 34.4 Å². The molecular weight excluding hydrogens is 1830 g/mol. The third-order valence-electron chi connectivity index (χ3n) is 23.8. The molecule has 5 aliphatic rings. The van der Waals surface area contributed by atoms with Gasteiger partial charge < -0.3 is 105 Å². The number of aromatic nitrogens is 20. The lowest BCUT2D eigenvalue weighted by atomic mass is 10.1. The number of aryl methyl sites for hydroxylation is 8. The van der Waals surface area contributed by atoms with Crippen LogP contribution in [0.1, 0.15) is 170 Å². The molecule has 41 nitrogen and oxygen atoms in total.